The number of fused-ring (bicyclic) bond motifs is 2. The first kappa shape index (κ1) is 28.1. The molecule has 0 radical (unpaired) electrons. The van der Waals surface area contributed by atoms with Crippen molar-refractivity contribution in [2.75, 3.05) is 17.3 Å². The molecule has 3 unspecified atom stereocenters. The van der Waals surface area contributed by atoms with Crippen LogP contribution in [-0.2, 0) is 0 Å². The van der Waals surface area contributed by atoms with Crippen LogP contribution in [0.3, 0.4) is 0 Å². The molecule has 1 aliphatic heterocycles. The number of nitrogens with zero attached hydrogens (tertiary/aromatic N) is 2. The molecule has 2 aliphatic rings. The Labute approximate surface area is 240 Å². The Morgan fingerprint density at radius 3 is 2.27 bits per heavy atom. The molecule has 3 aromatic carbocycles. The number of para-hydroxylation sites is 2. The van der Waals surface area contributed by atoms with Gasteiger partial charge in [0.2, 0.25) is 0 Å². The van der Waals surface area contributed by atoms with Gasteiger partial charge in [0.15, 0.2) is 0 Å². The van der Waals surface area contributed by atoms with Crippen LogP contribution in [0.1, 0.15) is 83.9 Å². The summed E-state index contributed by atoms with van der Waals surface area (Å²) in [4.78, 5) is 7.77. The van der Waals surface area contributed by atoms with E-state index in [-0.39, 0.29) is 18.1 Å². The predicted octanol–water partition coefficient (Wildman–Crippen LogP) is 8.93. The van der Waals surface area contributed by atoms with E-state index in [2.05, 4.69) is 118 Å². The van der Waals surface area contributed by atoms with Gasteiger partial charge in [0, 0.05) is 41.0 Å². The zero-order valence-electron chi connectivity index (χ0n) is 25.1. The topological polar surface area (TPSA) is 46.1 Å². The van der Waals surface area contributed by atoms with Gasteiger partial charge >= 0.3 is 0 Å². The minimum atomic E-state index is 0.0774. The number of hydrogen-bond acceptors (Lipinski definition) is 5. The van der Waals surface area contributed by atoms with E-state index in [1.807, 2.05) is 0 Å². The van der Waals surface area contributed by atoms with Crippen LogP contribution < -0.4 is 19.7 Å². The van der Waals surface area contributed by atoms with Crippen LogP contribution in [-0.4, -0.2) is 31.0 Å². The maximum atomic E-state index is 6.55. The molecule has 212 valence electrons. The van der Waals surface area contributed by atoms with Crippen molar-refractivity contribution in [3.05, 3.63) is 77.9 Å². The Morgan fingerprint density at radius 1 is 0.875 bits per heavy atom. The second-order valence-electron chi connectivity index (χ2n) is 12.1. The van der Waals surface area contributed by atoms with Crippen molar-refractivity contribution in [2.24, 2.45) is 10.9 Å². The standard InChI is InChI=1S/C35H45N3O2/c1-22(2)38(23(3)4)27-15-19-30(34(21-27)40-24(5)6)35-29-18-14-26(25-12-16-28(39-7)17-13-25)20-33(29)36-31-10-8-9-11-32(31)37-35/h8-13,15-17,19,21-24,26,29,35,37H,14,18,20H2,1-7H3. The van der Waals surface area contributed by atoms with Gasteiger partial charge in [0.1, 0.15) is 11.5 Å². The van der Waals surface area contributed by atoms with E-state index in [0.717, 1.165) is 42.1 Å². The molecule has 5 rings (SSSR count). The second kappa shape index (κ2) is 12.0. The molecule has 1 aliphatic carbocycles. The number of methoxy groups -OCH3 is 1. The number of ether oxygens (including phenoxy) is 2. The summed E-state index contributed by atoms with van der Waals surface area (Å²) in [6.07, 6.45) is 3.22. The van der Waals surface area contributed by atoms with Gasteiger partial charge in [-0.1, -0.05) is 30.3 Å². The van der Waals surface area contributed by atoms with E-state index in [0.29, 0.717) is 18.0 Å². The van der Waals surface area contributed by atoms with Crippen LogP contribution in [0.25, 0.3) is 0 Å². The van der Waals surface area contributed by atoms with Crippen molar-refractivity contribution in [3.8, 4) is 11.5 Å². The first-order valence-electron chi connectivity index (χ1n) is 14.9. The zero-order chi connectivity index (χ0) is 28.4. The maximum Gasteiger partial charge on any atom is 0.127 e. The lowest BCUT2D eigenvalue weighted by Gasteiger charge is -2.37. The van der Waals surface area contributed by atoms with Gasteiger partial charge in [0.05, 0.1) is 30.6 Å². The minimum absolute atomic E-state index is 0.0774. The molecule has 0 saturated heterocycles. The van der Waals surface area contributed by atoms with E-state index >= 15 is 0 Å². The van der Waals surface area contributed by atoms with Crippen molar-refractivity contribution < 1.29 is 9.47 Å². The summed E-state index contributed by atoms with van der Waals surface area (Å²) >= 11 is 0. The molecule has 0 aromatic heterocycles. The van der Waals surface area contributed by atoms with Crippen LogP contribution in [0.2, 0.25) is 0 Å². The predicted molar refractivity (Wildman–Crippen MR) is 168 cm³/mol. The van der Waals surface area contributed by atoms with E-state index in [1.54, 1.807) is 7.11 Å². The Morgan fingerprint density at radius 2 is 1.60 bits per heavy atom. The summed E-state index contributed by atoms with van der Waals surface area (Å²) in [5.74, 6) is 2.60. The summed E-state index contributed by atoms with van der Waals surface area (Å²) < 4.78 is 12.0. The fourth-order valence-electron chi connectivity index (χ4n) is 6.60. The Balaban J connectivity index is 1.55. The lowest BCUT2D eigenvalue weighted by molar-refractivity contribution is 0.238. The van der Waals surface area contributed by atoms with Crippen LogP contribution in [0.15, 0.2) is 71.7 Å². The summed E-state index contributed by atoms with van der Waals surface area (Å²) in [7, 11) is 1.72. The van der Waals surface area contributed by atoms with Crippen molar-refractivity contribution in [1.82, 2.24) is 0 Å². The smallest absolute Gasteiger partial charge is 0.127 e. The maximum absolute atomic E-state index is 6.55. The van der Waals surface area contributed by atoms with Crippen molar-refractivity contribution >= 4 is 22.8 Å². The largest absolute Gasteiger partial charge is 0.497 e. The molecular weight excluding hydrogens is 494 g/mol. The molecule has 5 nitrogen and oxygen atoms in total. The lowest BCUT2D eigenvalue weighted by Crippen LogP contribution is -2.37. The molecule has 1 fully saturated rings. The molecule has 1 saturated carbocycles. The van der Waals surface area contributed by atoms with Crippen molar-refractivity contribution in [2.45, 2.75) is 91.0 Å². The highest BCUT2D eigenvalue weighted by atomic mass is 16.5. The molecule has 40 heavy (non-hydrogen) atoms. The van der Waals surface area contributed by atoms with Crippen LogP contribution in [0.4, 0.5) is 17.1 Å². The molecule has 5 heteroatoms. The Hall–Kier alpha value is -3.47. The highest BCUT2D eigenvalue weighted by molar-refractivity contribution is 5.94. The average Bonchev–Trinajstić information content (AvgIpc) is 3.09. The molecule has 1 heterocycles. The summed E-state index contributed by atoms with van der Waals surface area (Å²) in [6.45, 7) is 13.2. The highest BCUT2D eigenvalue weighted by Gasteiger charge is 2.37. The lowest BCUT2D eigenvalue weighted by atomic mass is 9.73. The third-order valence-electron chi connectivity index (χ3n) is 8.28. The van der Waals surface area contributed by atoms with E-state index < -0.39 is 0 Å². The second-order valence-corrected chi connectivity index (χ2v) is 12.1. The Bertz CT molecular complexity index is 1320. The van der Waals surface area contributed by atoms with Gasteiger partial charge in [0.25, 0.3) is 0 Å². The van der Waals surface area contributed by atoms with Gasteiger partial charge in [-0.15, -0.1) is 0 Å². The number of hydrogen-bond donors (Lipinski definition) is 1. The minimum Gasteiger partial charge on any atom is -0.497 e. The Kier molecular flexibility index (Phi) is 8.39. The summed E-state index contributed by atoms with van der Waals surface area (Å²) in [5.41, 5.74) is 7.16. The van der Waals surface area contributed by atoms with Gasteiger partial charge in [-0.3, -0.25) is 4.99 Å². The highest BCUT2D eigenvalue weighted by Crippen LogP contribution is 2.47. The third kappa shape index (κ3) is 5.84. The molecule has 0 spiro atoms. The normalized spacial score (nSPS) is 20.4. The van der Waals surface area contributed by atoms with Crippen LogP contribution in [0.5, 0.6) is 11.5 Å². The van der Waals surface area contributed by atoms with Gasteiger partial charge in [-0.2, -0.15) is 0 Å². The molecule has 1 N–H and O–H groups in total. The molecular formula is C35H45N3O2. The molecule has 3 aromatic rings. The van der Waals surface area contributed by atoms with E-state index in [9.17, 15) is 0 Å². The van der Waals surface area contributed by atoms with Crippen LogP contribution in [0, 0.1) is 5.92 Å². The summed E-state index contributed by atoms with van der Waals surface area (Å²) in [5, 5.41) is 3.93. The van der Waals surface area contributed by atoms with Crippen LogP contribution >= 0.6 is 0 Å². The number of anilines is 2. The molecule has 0 bridgehead atoms. The van der Waals surface area contributed by atoms with Gasteiger partial charge in [-0.05, 0) is 103 Å². The summed E-state index contributed by atoms with van der Waals surface area (Å²) in [6, 6.07) is 24.7. The third-order valence-corrected chi connectivity index (χ3v) is 8.28. The average molecular weight is 540 g/mol. The number of nitrogens with one attached hydrogen (secondary N) is 1. The fraction of sp³-hybridized carbons (Fsp3) is 0.457. The zero-order valence-corrected chi connectivity index (χ0v) is 25.1. The van der Waals surface area contributed by atoms with Gasteiger partial charge in [-0.25, -0.2) is 0 Å². The van der Waals surface area contributed by atoms with Crippen molar-refractivity contribution in [1.29, 1.82) is 0 Å². The first-order chi connectivity index (χ1) is 19.2. The van der Waals surface area contributed by atoms with E-state index in [4.69, 9.17) is 14.5 Å². The first-order valence-corrected chi connectivity index (χ1v) is 14.9. The quantitative estimate of drug-likeness (QED) is 0.310. The number of rotatable bonds is 8. The molecule has 3 atom stereocenters. The SMILES string of the molecule is COc1ccc(C2CCC3C(=Nc4ccccc4NC3c3ccc(N(C(C)C)C(C)C)cc3OC(C)C)C2)cc1. The van der Waals surface area contributed by atoms with Crippen molar-refractivity contribution in [3.63, 3.8) is 0 Å². The fourth-order valence-corrected chi connectivity index (χ4v) is 6.60. The van der Waals surface area contributed by atoms with Gasteiger partial charge < -0.3 is 19.7 Å². The monoisotopic (exact) mass is 539 g/mol. The number of benzene rings is 3. The number of aliphatic imine (C=N–C) groups is 1. The van der Waals surface area contributed by atoms with E-state index in [1.165, 1.54) is 22.5 Å². The molecule has 0 amide bonds.